The van der Waals surface area contributed by atoms with E-state index in [0.717, 1.165) is 0 Å². The molecule has 0 aliphatic carbocycles. The predicted octanol–water partition coefficient (Wildman–Crippen LogP) is 0.776. The fourth-order valence-electron chi connectivity index (χ4n) is 2.84. The fourth-order valence-corrected chi connectivity index (χ4v) is 2.84. The van der Waals surface area contributed by atoms with Crippen LogP contribution in [0.1, 0.15) is 39.5 Å². The normalized spacial score (nSPS) is 19.0. The van der Waals surface area contributed by atoms with E-state index < -0.39 is 29.7 Å². The zero-order valence-electron chi connectivity index (χ0n) is 17.4. The van der Waals surface area contributed by atoms with E-state index in [1.807, 2.05) is 0 Å². The maximum Gasteiger partial charge on any atom is 0.407 e. The lowest BCUT2D eigenvalue weighted by Crippen LogP contribution is -2.46. The van der Waals surface area contributed by atoms with E-state index in [1.165, 1.54) is 0 Å². The maximum absolute atomic E-state index is 12.7. The lowest BCUT2D eigenvalue weighted by molar-refractivity contribution is -0.148. The summed E-state index contributed by atoms with van der Waals surface area (Å²) in [4.78, 5) is 53.7. The molecular weight excluding hydrogens is 384 g/mol. The second-order valence-corrected chi connectivity index (χ2v) is 7.11. The van der Waals surface area contributed by atoms with Gasteiger partial charge in [-0.1, -0.05) is 20.3 Å². The highest BCUT2D eigenvalue weighted by Gasteiger charge is 2.32. The van der Waals surface area contributed by atoms with Gasteiger partial charge in [-0.3, -0.25) is 19.2 Å². The highest BCUT2D eigenvalue weighted by atomic mass is 16.7. The lowest BCUT2D eigenvalue weighted by atomic mass is 9.87. The molecule has 10 heteroatoms. The number of carbonyl (C=O) groups excluding carboxylic acids is 4. The van der Waals surface area contributed by atoms with E-state index in [2.05, 4.69) is 10.8 Å². The number of ether oxygens (including phenoxy) is 3. The van der Waals surface area contributed by atoms with Gasteiger partial charge >= 0.3 is 12.0 Å². The van der Waals surface area contributed by atoms with Crippen molar-refractivity contribution in [2.75, 3.05) is 40.1 Å². The van der Waals surface area contributed by atoms with Crippen molar-refractivity contribution >= 4 is 23.6 Å². The Labute approximate surface area is 170 Å². The van der Waals surface area contributed by atoms with Crippen molar-refractivity contribution < 1.29 is 38.2 Å². The molecule has 2 atom stereocenters. The van der Waals surface area contributed by atoms with E-state index >= 15 is 0 Å². The number of hydroxylamine groups is 1. The Morgan fingerprint density at radius 1 is 1.17 bits per heavy atom. The summed E-state index contributed by atoms with van der Waals surface area (Å²) in [6, 6.07) is -0.823. The molecular formula is C19H32N2O8. The van der Waals surface area contributed by atoms with Gasteiger partial charge < -0.3 is 19.5 Å². The first-order valence-electron chi connectivity index (χ1n) is 9.85. The van der Waals surface area contributed by atoms with E-state index in [9.17, 15) is 19.2 Å². The van der Waals surface area contributed by atoms with Crippen LogP contribution in [0.4, 0.5) is 4.79 Å². The van der Waals surface area contributed by atoms with Crippen LogP contribution in [0.5, 0.6) is 0 Å². The SMILES string of the molecule is COCCOCCOC(=O)NC(C(=O)CC1CCCCONC(=O)C1=O)C(C)C. The second-order valence-electron chi connectivity index (χ2n) is 7.11. The quantitative estimate of drug-likeness (QED) is 0.373. The van der Waals surface area contributed by atoms with Gasteiger partial charge in [-0.2, -0.15) is 0 Å². The lowest BCUT2D eigenvalue weighted by Gasteiger charge is -2.23. The molecule has 0 radical (unpaired) electrons. The number of rotatable bonds is 11. The van der Waals surface area contributed by atoms with Crippen LogP contribution >= 0.6 is 0 Å². The van der Waals surface area contributed by atoms with Crippen LogP contribution in [0, 0.1) is 11.8 Å². The number of alkyl carbamates (subject to hydrolysis) is 1. The first-order chi connectivity index (χ1) is 13.9. The van der Waals surface area contributed by atoms with Gasteiger partial charge in [0.1, 0.15) is 6.61 Å². The van der Waals surface area contributed by atoms with Gasteiger partial charge in [0.05, 0.1) is 32.5 Å². The molecule has 0 aromatic carbocycles. The van der Waals surface area contributed by atoms with Crippen LogP contribution in [-0.2, 0) is 33.4 Å². The van der Waals surface area contributed by atoms with E-state index in [0.29, 0.717) is 39.1 Å². The molecule has 0 aromatic rings. The van der Waals surface area contributed by atoms with E-state index in [4.69, 9.17) is 19.0 Å². The molecule has 1 aliphatic rings. The Morgan fingerprint density at radius 3 is 2.59 bits per heavy atom. The van der Waals surface area contributed by atoms with Crippen LogP contribution in [0.3, 0.4) is 0 Å². The van der Waals surface area contributed by atoms with Gasteiger partial charge in [0.2, 0.25) is 5.78 Å². The van der Waals surface area contributed by atoms with Gasteiger partial charge in [-0.15, -0.1) is 0 Å². The molecule has 0 bridgehead atoms. The minimum atomic E-state index is -0.855. The number of ketones is 2. The number of nitrogens with one attached hydrogen (secondary N) is 2. The monoisotopic (exact) mass is 416 g/mol. The van der Waals surface area contributed by atoms with Crippen molar-refractivity contribution in [3.8, 4) is 0 Å². The third kappa shape index (κ3) is 9.82. The summed E-state index contributed by atoms with van der Waals surface area (Å²) >= 11 is 0. The molecule has 166 valence electrons. The molecule has 2 unspecified atom stereocenters. The minimum absolute atomic E-state index is 0.0375. The van der Waals surface area contributed by atoms with Gasteiger partial charge in [-0.25, -0.2) is 10.3 Å². The van der Waals surface area contributed by atoms with Crippen molar-refractivity contribution in [3.63, 3.8) is 0 Å². The molecule has 0 aromatic heterocycles. The summed E-state index contributed by atoms with van der Waals surface area (Å²) in [5.41, 5.74) is 2.09. The zero-order chi connectivity index (χ0) is 21.6. The molecule has 1 fully saturated rings. The summed E-state index contributed by atoms with van der Waals surface area (Å²) in [5, 5.41) is 2.55. The van der Waals surface area contributed by atoms with Crippen LogP contribution in [0.15, 0.2) is 0 Å². The van der Waals surface area contributed by atoms with Crippen LogP contribution in [0.25, 0.3) is 0 Å². The molecule has 0 spiro atoms. The average molecular weight is 416 g/mol. The molecule has 2 N–H and O–H groups in total. The fraction of sp³-hybridized carbons (Fsp3) is 0.789. The maximum atomic E-state index is 12.7. The minimum Gasteiger partial charge on any atom is -0.447 e. The van der Waals surface area contributed by atoms with Gasteiger partial charge in [0, 0.05) is 19.4 Å². The molecule has 0 saturated carbocycles. The Balaban J connectivity index is 2.56. The number of methoxy groups -OCH3 is 1. The van der Waals surface area contributed by atoms with Crippen molar-refractivity contribution in [2.45, 2.75) is 45.6 Å². The molecule has 1 saturated heterocycles. The first-order valence-corrected chi connectivity index (χ1v) is 9.85. The highest BCUT2D eigenvalue weighted by Crippen LogP contribution is 2.19. The molecule has 1 rings (SSSR count). The molecule has 29 heavy (non-hydrogen) atoms. The molecule has 1 heterocycles. The summed E-state index contributed by atoms with van der Waals surface area (Å²) in [7, 11) is 1.56. The average Bonchev–Trinajstić information content (AvgIpc) is 2.75. The standard InChI is InChI=1S/C19H32N2O8/c1-13(2)16(20-19(25)28-11-10-27-9-8-26-3)15(22)12-14-6-4-5-7-29-21-18(24)17(14)23/h13-14,16H,4-12H2,1-3H3,(H,20,25)(H,21,24). The first kappa shape index (κ1) is 25.0. The van der Waals surface area contributed by atoms with Crippen LogP contribution in [-0.4, -0.2) is 69.8 Å². The van der Waals surface area contributed by atoms with E-state index in [1.54, 1.807) is 21.0 Å². The Bertz CT molecular complexity index is 552. The summed E-state index contributed by atoms with van der Waals surface area (Å²) < 4.78 is 15.0. The number of hydrogen-bond acceptors (Lipinski definition) is 8. The number of Topliss-reactive ketones (excluding diaryl/α,β-unsaturated/α-hetero) is 2. The van der Waals surface area contributed by atoms with Gasteiger partial charge in [-0.05, 0) is 18.8 Å². The number of carbonyl (C=O) groups is 4. The summed E-state index contributed by atoms with van der Waals surface area (Å²) in [5.74, 6) is -2.81. The smallest absolute Gasteiger partial charge is 0.407 e. The molecule has 1 aliphatic heterocycles. The van der Waals surface area contributed by atoms with Crippen LogP contribution < -0.4 is 10.8 Å². The molecule has 10 nitrogen and oxygen atoms in total. The zero-order valence-corrected chi connectivity index (χ0v) is 17.4. The second kappa shape index (κ2) is 14.0. The van der Waals surface area contributed by atoms with Crippen molar-refractivity contribution in [1.29, 1.82) is 0 Å². The topological polar surface area (TPSA) is 129 Å². The largest absolute Gasteiger partial charge is 0.447 e. The van der Waals surface area contributed by atoms with Gasteiger partial charge in [0.15, 0.2) is 5.78 Å². The highest BCUT2D eigenvalue weighted by molar-refractivity contribution is 6.37. The Kier molecular flexibility index (Phi) is 12.1. The third-order valence-corrected chi connectivity index (χ3v) is 4.44. The van der Waals surface area contributed by atoms with E-state index in [-0.39, 0.29) is 31.3 Å². The predicted molar refractivity (Wildman–Crippen MR) is 102 cm³/mol. The molecule has 2 amide bonds. The Hall–Kier alpha value is -2.04. The number of hydrogen-bond donors (Lipinski definition) is 2. The van der Waals surface area contributed by atoms with Crippen molar-refractivity contribution in [2.24, 2.45) is 11.8 Å². The van der Waals surface area contributed by atoms with Crippen molar-refractivity contribution in [1.82, 2.24) is 10.8 Å². The summed E-state index contributed by atoms with van der Waals surface area (Å²) in [6.45, 7) is 4.96. The third-order valence-electron chi connectivity index (χ3n) is 4.44. The number of amides is 2. The summed E-state index contributed by atoms with van der Waals surface area (Å²) in [6.07, 6.45) is 0.872. The van der Waals surface area contributed by atoms with Crippen molar-refractivity contribution in [3.05, 3.63) is 0 Å². The van der Waals surface area contributed by atoms with Gasteiger partial charge in [0.25, 0.3) is 0 Å². The Morgan fingerprint density at radius 2 is 1.90 bits per heavy atom. The van der Waals surface area contributed by atoms with Crippen LogP contribution in [0.2, 0.25) is 0 Å².